The first kappa shape index (κ1) is 13.3. The van der Waals surface area contributed by atoms with Gasteiger partial charge in [-0.2, -0.15) is 0 Å². The Balaban J connectivity index is 2.75. The van der Waals surface area contributed by atoms with E-state index in [0.29, 0.717) is 17.4 Å². The molecule has 90 valence electrons. The number of benzene rings is 1. The molecule has 1 aromatic carbocycles. The number of hydrogen-bond donors (Lipinski definition) is 1. The second kappa shape index (κ2) is 6.76. The second-order valence-electron chi connectivity index (χ2n) is 3.24. The summed E-state index contributed by atoms with van der Waals surface area (Å²) in [6, 6.07) is 5.12. The molecule has 0 bridgehead atoms. The normalized spacial score (nSPS) is 11.2. The molecule has 0 saturated carbocycles. The van der Waals surface area contributed by atoms with Crippen LogP contribution in [0.15, 0.2) is 36.4 Å². The zero-order valence-corrected chi connectivity index (χ0v) is 10.1. The largest absolute Gasteiger partial charge is 0.488 e. The average molecular weight is 253 g/mol. The molecule has 1 rings (SSSR count). The Morgan fingerprint density at radius 1 is 1.53 bits per heavy atom. The molecule has 0 aliphatic heterocycles. The number of rotatable bonds is 5. The number of allylic oxidation sites excluding steroid dienone is 1. The summed E-state index contributed by atoms with van der Waals surface area (Å²) in [5, 5.41) is 8.95. The van der Waals surface area contributed by atoms with E-state index in [1.807, 2.05) is 19.1 Å². The maximum Gasteiger partial charge on any atom is 0.328 e. The molecule has 4 heteroatoms. The minimum absolute atomic E-state index is 0.459. The molecule has 0 amide bonds. The van der Waals surface area contributed by atoms with Crippen LogP contribution in [0.4, 0.5) is 0 Å². The van der Waals surface area contributed by atoms with Crippen LogP contribution in [0.3, 0.4) is 0 Å². The van der Waals surface area contributed by atoms with Gasteiger partial charge in [-0.1, -0.05) is 29.8 Å². The Hall–Kier alpha value is -1.74. The molecular weight excluding hydrogens is 240 g/mol. The summed E-state index contributed by atoms with van der Waals surface area (Å²) in [7, 11) is 0. The highest BCUT2D eigenvalue weighted by atomic mass is 35.5. The first-order valence-corrected chi connectivity index (χ1v) is 5.46. The maximum absolute atomic E-state index is 10.3. The molecule has 0 saturated heterocycles. The van der Waals surface area contributed by atoms with Crippen molar-refractivity contribution in [2.75, 3.05) is 6.61 Å². The Bertz CT molecular complexity index is 450. The maximum atomic E-state index is 10.3. The number of ether oxygens (including phenoxy) is 1. The van der Waals surface area contributed by atoms with E-state index >= 15 is 0 Å². The topological polar surface area (TPSA) is 46.5 Å². The van der Waals surface area contributed by atoms with Crippen molar-refractivity contribution in [3.8, 4) is 5.75 Å². The third-order valence-electron chi connectivity index (χ3n) is 1.95. The van der Waals surface area contributed by atoms with Crippen molar-refractivity contribution in [2.24, 2.45) is 0 Å². The summed E-state index contributed by atoms with van der Waals surface area (Å²) in [4.78, 5) is 10.3. The number of aliphatic carboxylic acids is 1. The summed E-state index contributed by atoms with van der Waals surface area (Å²) >= 11 is 5.99. The average Bonchev–Trinajstić information content (AvgIpc) is 2.29. The van der Waals surface area contributed by atoms with Crippen molar-refractivity contribution >= 4 is 23.6 Å². The van der Waals surface area contributed by atoms with Gasteiger partial charge in [0.05, 0.1) is 5.02 Å². The van der Waals surface area contributed by atoms with Gasteiger partial charge in [-0.15, -0.1) is 0 Å². The zero-order valence-electron chi connectivity index (χ0n) is 9.39. The number of halogens is 1. The number of carboxylic acids is 1. The van der Waals surface area contributed by atoms with Crippen LogP contribution in [0, 0.1) is 0 Å². The van der Waals surface area contributed by atoms with Crippen molar-refractivity contribution < 1.29 is 14.6 Å². The van der Waals surface area contributed by atoms with Crippen LogP contribution in [0.5, 0.6) is 5.75 Å². The standard InChI is InChI=1S/C13H13ClO3/c1-2-3-8-17-12-6-4-10(9-11(12)14)5-7-13(15)16/h2-7,9H,8H2,1H3,(H,15,16). The molecule has 0 radical (unpaired) electrons. The number of carbonyl (C=O) groups is 1. The van der Waals surface area contributed by atoms with Crippen molar-refractivity contribution in [1.29, 1.82) is 0 Å². The van der Waals surface area contributed by atoms with E-state index < -0.39 is 5.97 Å². The van der Waals surface area contributed by atoms with E-state index in [9.17, 15) is 4.79 Å². The van der Waals surface area contributed by atoms with Gasteiger partial charge in [-0.25, -0.2) is 4.79 Å². The van der Waals surface area contributed by atoms with E-state index in [0.717, 1.165) is 11.6 Å². The Morgan fingerprint density at radius 3 is 2.88 bits per heavy atom. The molecule has 0 spiro atoms. The first-order chi connectivity index (χ1) is 8.13. The lowest BCUT2D eigenvalue weighted by atomic mass is 10.2. The minimum atomic E-state index is -0.991. The van der Waals surface area contributed by atoms with Gasteiger partial charge in [-0.05, 0) is 30.7 Å². The van der Waals surface area contributed by atoms with Gasteiger partial charge in [0.1, 0.15) is 12.4 Å². The highest BCUT2D eigenvalue weighted by molar-refractivity contribution is 6.32. The SMILES string of the molecule is CC=CCOc1ccc(C=CC(=O)O)cc1Cl. The van der Waals surface area contributed by atoms with Gasteiger partial charge in [-0.3, -0.25) is 0 Å². The third-order valence-corrected chi connectivity index (χ3v) is 2.24. The Labute approximate surface area is 105 Å². The molecule has 0 fully saturated rings. The van der Waals surface area contributed by atoms with Gasteiger partial charge < -0.3 is 9.84 Å². The number of carboxylic acid groups (broad SMARTS) is 1. The van der Waals surface area contributed by atoms with Crippen LogP contribution in [-0.2, 0) is 4.79 Å². The first-order valence-electron chi connectivity index (χ1n) is 5.08. The fourth-order valence-electron chi connectivity index (χ4n) is 1.14. The molecule has 0 atom stereocenters. The molecule has 3 nitrogen and oxygen atoms in total. The predicted octanol–water partition coefficient (Wildman–Crippen LogP) is 3.39. The van der Waals surface area contributed by atoms with Gasteiger partial charge in [0, 0.05) is 6.08 Å². The molecule has 0 heterocycles. The fraction of sp³-hybridized carbons (Fsp3) is 0.154. The molecule has 0 aromatic heterocycles. The monoisotopic (exact) mass is 252 g/mol. The second-order valence-corrected chi connectivity index (χ2v) is 3.65. The molecule has 0 aliphatic carbocycles. The lowest BCUT2D eigenvalue weighted by molar-refractivity contribution is -0.131. The smallest absolute Gasteiger partial charge is 0.328 e. The van der Waals surface area contributed by atoms with Crippen LogP contribution in [-0.4, -0.2) is 17.7 Å². The molecule has 17 heavy (non-hydrogen) atoms. The van der Waals surface area contributed by atoms with Crippen LogP contribution in [0.1, 0.15) is 12.5 Å². The molecule has 1 N–H and O–H groups in total. The predicted molar refractivity (Wildman–Crippen MR) is 68.4 cm³/mol. The third kappa shape index (κ3) is 4.74. The van der Waals surface area contributed by atoms with E-state index in [1.165, 1.54) is 6.08 Å². The van der Waals surface area contributed by atoms with Gasteiger partial charge in [0.15, 0.2) is 0 Å². The van der Waals surface area contributed by atoms with Crippen molar-refractivity contribution in [3.63, 3.8) is 0 Å². The van der Waals surface area contributed by atoms with Gasteiger partial charge >= 0.3 is 5.97 Å². The lowest BCUT2D eigenvalue weighted by Gasteiger charge is -2.06. The molecular formula is C13H13ClO3. The van der Waals surface area contributed by atoms with Crippen molar-refractivity contribution in [2.45, 2.75) is 6.92 Å². The van der Waals surface area contributed by atoms with Gasteiger partial charge in [0.25, 0.3) is 0 Å². The van der Waals surface area contributed by atoms with Crippen LogP contribution >= 0.6 is 11.6 Å². The summed E-state index contributed by atoms with van der Waals surface area (Å²) in [6.45, 7) is 2.37. The zero-order chi connectivity index (χ0) is 12.7. The van der Waals surface area contributed by atoms with Gasteiger partial charge in [0.2, 0.25) is 0 Å². The lowest BCUT2D eigenvalue weighted by Crippen LogP contribution is -1.94. The summed E-state index contributed by atoms with van der Waals surface area (Å²) in [5.74, 6) is -0.410. The van der Waals surface area contributed by atoms with E-state index in [-0.39, 0.29) is 0 Å². The van der Waals surface area contributed by atoms with Crippen molar-refractivity contribution in [3.05, 3.63) is 47.0 Å². The highest BCUT2D eigenvalue weighted by Crippen LogP contribution is 2.25. The van der Waals surface area contributed by atoms with E-state index in [2.05, 4.69) is 0 Å². The Kier molecular flexibility index (Phi) is 5.30. The van der Waals surface area contributed by atoms with Crippen LogP contribution in [0.2, 0.25) is 5.02 Å². The van der Waals surface area contributed by atoms with Crippen LogP contribution < -0.4 is 4.74 Å². The molecule has 0 unspecified atom stereocenters. The minimum Gasteiger partial charge on any atom is -0.488 e. The number of hydrogen-bond acceptors (Lipinski definition) is 2. The summed E-state index contributed by atoms with van der Waals surface area (Å²) in [5.41, 5.74) is 0.718. The molecule has 1 aromatic rings. The van der Waals surface area contributed by atoms with E-state index in [4.69, 9.17) is 21.4 Å². The van der Waals surface area contributed by atoms with Crippen molar-refractivity contribution in [1.82, 2.24) is 0 Å². The highest BCUT2D eigenvalue weighted by Gasteiger charge is 2.01. The summed E-state index contributed by atoms with van der Waals surface area (Å²) < 4.78 is 5.40. The van der Waals surface area contributed by atoms with Crippen LogP contribution in [0.25, 0.3) is 6.08 Å². The van der Waals surface area contributed by atoms with E-state index in [1.54, 1.807) is 18.2 Å². The Morgan fingerprint density at radius 2 is 2.29 bits per heavy atom. The molecule has 0 aliphatic rings. The summed E-state index contributed by atoms with van der Waals surface area (Å²) in [6.07, 6.45) is 6.29. The quantitative estimate of drug-likeness (QED) is 0.645. The fourth-order valence-corrected chi connectivity index (χ4v) is 1.38.